The fourth-order valence-corrected chi connectivity index (χ4v) is 1.38. The van der Waals surface area contributed by atoms with Crippen LogP contribution >= 0.6 is 0 Å². The summed E-state index contributed by atoms with van der Waals surface area (Å²) in [6.07, 6.45) is 0.406. The van der Waals surface area contributed by atoms with Crippen molar-refractivity contribution in [2.45, 2.75) is 6.42 Å². The second-order valence-corrected chi connectivity index (χ2v) is 3.11. The second kappa shape index (κ2) is 3.57. The van der Waals surface area contributed by atoms with Crippen LogP contribution in [0.5, 0.6) is 5.75 Å². The highest BCUT2D eigenvalue weighted by Crippen LogP contribution is 2.29. The van der Waals surface area contributed by atoms with Gasteiger partial charge >= 0.3 is 0 Å². The molecule has 0 atom stereocenters. The van der Waals surface area contributed by atoms with Crippen LogP contribution in [0.15, 0.2) is 18.2 Å². The van der Waals surface area contributed by atoms with Gasteiger partial charge in [0, 0.05) is 12.7 Å². The van der Waals surface area contributed by atoms with E-state index in [9.17, 15) is 4.79 Å². The van der Waals surface area contributed by atoms with Gasteiger partial charge in [0.15, 0.2) is 0 Å². The van der Waals surface area contributed by atoms with Crippen LogP contribution in [0.1, 0.15) is 6.42 Å². The minimum absolute atomic E-state index is 0.00277. The molecular weight excluding hydrogens is 180 g/mol. The van der Waals surface area contributed by atoms with E-state index in [0.717, 1.165) is 17.1 Å². The van der Waals surface area contributed by atoms with Gasteiger partial charge in [0.2, 0.25) is 5.91 Å². The van der Waals surface area contributed by atoms with Gasteiger partial charge in [0.05, 0.1) is 18.7 Å². The normalized spacial score (nSPS) is 14.8. The summed E-state index contributed by atoms with van der Waals surface area (Å²) in [6.45, 7) is 0.442. The van der Waals surface area contributed by atoms with Gasteiger partial charge in [-0.25, -0.2) is 0 Å². The zero-order valence-electron chi connectivity index (χ0n) is 7.96. The average molecular weight is 192 g/mol. The zero-order chi connectivity index (χ0) is 9.97. The third-order valence-corrected chi connectivity index (χ3v) is 2.13. The molecule has 2 rings (SSSR count). The van der Waals surface area contributed by atoms with E-state index in [4.69, 9.17) is 4.74 Å². The van der Waals surface area contributed by atoms with Crippen LogP contribution < -0.4 is 15.4 Å². The predicted molar refractivity (Wildman–Crippen MR) is 54.7 cm³/mol. The number of rotatable bonds is 1. The van der Waals surface area contributed by atoms with Crippen molar-refractivity contribution in [2.24, 2.45) is 0 Å². The summed E-state index contributed by atoms with van der Waals surface area (Å²) in [7, 11) is 1.83. The monoisotopic (exact) mass is 192 g/mol. The van der Waals surface area contributed by atoms with Crippen molar-refractivity contribution in [3.63, 3.8) is 0 Å². The maximum Gasteiger partial charge on any atom is 0.227 e. The molecule has 0 spiro atoms. The lowest BCUT2D eigenvalue weighted by Gasteiger charge is -2.08. The maximum atomic E-state index is 11.2. The Bertz CT molecular complexity index is 363. The maximum absolute atomic E-state index is 11.2. The Hall–Kier alpha value is -1.71. The molecule has 1 aliphatic rings. The fourth-order valence-electron chi connectivity index (χ4n) is 1.38. The Morgan fingerprint density at radius 1 is 1.50 bits per heavy atom. The van der Waals surface area contributed by atoms with Gasteiger partial charge in [-0.3, -0.25) is 4.79 Å². The number of benzene rings is 1. The summed E-state index contributed by atoms with van der Waals surface area (Å²) in [6, 6.07) is 5.63. The third-order valence-electron chi connectivity index (χ3n) is 2.13. The second-order valence-electron chi connectivity index (χ2n) is 3.11. The van der Waals surface area contributed by atoms with Crippen molar-refractivity contribution in [1.82, 2.24) is 0 Å². The number of ether oxygens (including phenoxy) is 1. The number of amides is 1. The van der Waals surface area contributed by atoms with Crippen molar-refractivity contribution in [3.05, 3.63) is 18.2 Å². The minimum atomic E-state index is -0.00277. The Kier molecular flexibility index (Phi) is 2.26. The van der Waals surface area contributed by atoms with Crippen molar-refractivity contribution in [3.8, 4) is 5.75 Å². The zero-order valence-corrected chi connectivity index (χ0v) is 7.96. The summed E-state index contributed by atoms with van der Waals surface area (Å²) >= 11 is 0. The number of anilines is 2. The van der Waals surface area contributed by atoms with Crippen LogP contribution in [-0.4, -0.2) is 19.6 Å². The molecule has 0 saturated heterocycles. The molecule has 1 heterocycles. The Morgan fingerprint density at radius 3 is 3.14 bits per heavy atom. The fraction of sp³-hybridized carbons (Fsp3) is 0.300. The molecule has 0 saturated carbocycles. The highest BCUT2D eigenvalue weighted by molar-refractivity contribution is 5.93. The smallest absolute Gasteiger partial charge is 0.227 e. The van der Waals surface area contributed by atoms with Crippen LogP contribution in [-0.2, 0) is 4.79 Å². The highest BCUT2D eigenvalue weighted by atomic mass is 16.5. The first kappa shape index (κ1) is 8.87. The number of carbonyl (C=O) groups excluding carboxylic acids is 1. The number of hydrogen-bond donors (Lipinski definition) is 2. The Morgan fingerprint density at radius 2 is 2.36 bits per heavy atom. The van der Waals surface area contributed by atoms with Gasteiger partial charge in [0.1, 0.15) is 5.75 Å². The van der Waals surface area contributed by atoms with Gasteiger partial charge in [-0.05, 0) is 18.2 Å². The topological polar surface area (TPSA) is 50.4 Å². The largest absolute Gasteiger partial charge is 0.491 e. The molecule has 2 N–H and O–H groups in total. The molecule has 1 aromatic carbocycles. The summed E-state index contributed by atoms with van der Waals surface area (Å²) in [4.78, 5) is 11.2. The molecule has 0 unspecified atom stereocenters. The molecular formula is C10H12N2O2. The Balaban J connectivity index is 2.36. The van der Waals surface area contributed by atoms with Gasteiger partial charge in [-0.2, -0.15) is 0 Å². The van der Waals surface area contributed by atoms with Crippen LogP contribution in [0, 0.1) is 0 Å². The molecule has 1 aliphatic heterocycles. The molecule has 0 aromatic heterocycles. The Labute approximate surface area is 82.3 Å². The number of carbonyl (C=O) groups is 1. The first-order chi connectivity index (χ1) is 6.79. The van der Waals surface area contributed by atoms with E-state index in [1.54, 1.807) is 0 Å². The van der Waals surface area contributed by atoms with E-state index in [-0.39, 0.29) is 5.91 Å². The molecule has 0 aliphatic carbocycles. The van der Waals surface area contributed by atoms with Crippen molar-refractivity contribution in [2.75, 3.05) is 24.3 Å². The summed E-state index contributed by atoms with van der Waals surface area (Å²) < 4.78 is 5.41. The van der Waals surface area contributed by atoms with Crippen LogP contribution in [0.3, 0.4) is 0 Å². The lowest BCUT2D eigenvalue weighted by Crippen LogP contribution is -2.10. The third kappa shape index (κ3) is 1.64. The van der Waals surface area contributed by atoms with Gasteiger partial charge in [-0.15, -0.1) is 0 Å². The quantitative estimate of drug-likeness (QED) is 0.708. The lowest BCUT2D eigenvalue weighted by atomic mass is 10.2. The van der Waals surface area contributed by atoms with E-state index >= 15 is 0 Å². The molecule has 14 heavy (non-hydrogen) atoms. The lowest BCUT2D eigenvalue weighted by molar-refractivity contribution is -0.116. The van der Waals surface area contributed by atoms with Gasteiger partial charge in [0.25, 0.3) is 0 Å². The van der Waals surface area contributed by atoms with E-state index < -0.39 is 0 Å². The molecule has 0 fully saturated rings. The van der Waals surface area contributed by atoms with Crippen molar-refractivity contribution < 1.29 is 9.53 Å². The van der Waals surface area contributed by atoms with Gasteiger partial charge in [-0.1, -0.05) is 0 Å². The summed E-state index contributed by atoms with van der Waals surface area (Å²) in [5.41, 5.74) is 1.69. The van der Waals surface area contributed by atoms with Gasteiger partial charge < -0.3 is 15.4 Å². The van der Waals surface area contributed by atoms with E-state index in [2.05, 4.69) is 10.6 Å². The molecule has 74 valence electrons. The van der Waals surface area contributed by atoms with Crippen LogP contribution in [0.4, 0.5) is 11.4 Å². The molecule has 4 heteroatoms. The molecule has 0 bridgehead atoms. The molecule has 1 amide bonds. The predicted octanol–water partition coefficient (Wildman–Crippen LogP) is 1.45. The van der Waals surface area contributed by atoms with E-state index in [1.165, 1.54) is 0 Å². The summed E-state index contributed by atoms with van der Waals surface area (Å²) in [5.74, 6) is 0.729. The van der Waals surface area contributed by atoms with E-state index in [0.29, 0.717) is 13.0 Å². The van der Waals surface area contributed by atoms with Crippen LogP contribution in [0.2, 0.25) is 0 Å². The van der Waals surface area contributed by atoms with Crippen LogP contribution in [0.25, 0.3) is 0 Å². The highest BCUT2D eigenvalue weighted by Gasteiger charge is 2.13. The average Bonchev–Trinajstić information content (AvgIpc) is 2.37. The number of nitrogens with one attached hydrogen (secondary N) is 2. The molecule has 1 aromatic rings. The SMILES string of the molecule is CNc1ccc2c(c1)NC(=O)CCO2. The summed E-state index contributed by atoms with van der Waals surface area (Å²) in [5, 5.41) is 5.80. The van der Waals surface area contributed by atoms with Crippen molar-refractivity contribution >= 4 is 17.3 Å². The standard InChI is InChI=1S/C10H12N2O2/c1-11-7-2-3-9-8(6-7)12-10(13)4-5-14-9/h2-3,6,11H,4-5H2,1H3,(H,12,13). The minimum Gasteiger partial charge on any atom is -0.491 e. The number of fused-ring (bicyclic) bond motifs is 1. The number of hydrogen-bond acceptors (Lipinski definition) is 3. The van der Waals surface area contributed by atoms with Crippen molar-refractivity contribution in [1.29, 1.82) is 0 Å². The molecule has 0 radical (unpaired) electrons. The molecule has 4 nitrogen and oxygen atoms in total. The first-order valence-electron chi connectivity index (χ1n) is 4.54. The van der Waals surface area contributed by atoms with E-state index in [1.807, 2.05) is 25.2 Å². The first-order valence-corrected chi connectivity index (χ1v) is 4.54.